The van der Waals surface area contributed by atoms with Crippen molar-refractivity contribution >= 4 is 5.78 Å². The molecule has 1 aliphatic heterocycles. The molecular formula is C11H15NO3. The Bertz CT molecular complexity index is 315. The summed E-state index contributed by atoms with van der Waals surface area (Å²) in [5.74, 6) is 0.116. The van der Waals surface area contributed by atoms with Crippen LogP contribution < -0.4 is 0 Å². The number of morpholine rings is 1. The molecule has 2 heterocycles. The van der Waals surface area contributed by atoms with Gasteiger partial charge in [-0.15, -0.1) is 0 Å². The molecule has 0 amide bonds. The zero-order chi connectivity index (χ0) is 10.7. The highest BCUT2D eigenvalue weighted by Crippen LogP contribution is 2.11. The minimum atomic E-state index is -0.0912. The molecule has 1 unspecified atom stereocenters. The maximum Gasteiger partial charge on any atom is 0.182 e. The number of carbonyl (C=O) groups is 1. The number of hydrogen-bond donors (Lipinski definition) is 0. The van der Waals surface area contributed by atoms with Crippen LogP contribution in [0.25, 0.3) is 0 Å². The van der Waals surface area contributed by atoms with Crippen LogP contribution in [0.5, 0.6) is 0 Å². The van der Waals surface area contributed by atoms with Crippen LogP contribution in [0.1, 0.15) is 17.3 Å². The van der Waals surface area contributed by atoms with Gasteiger partial charge in [0.25, 0.3) is 0 Å². The highest BCUT2D eigenvalue weighted by atomic mass is 16.5. The van der Waals surface area contributed by atoms with Gasteiger partial charge in [0, 0.05) is 13.1 Å². The minimum absolute atomic E-state index is 0.0912. The van der Waals surface area contributed by atoms with Gasteiger partial charge in [0.1, 0.15) is 6.26 Å². The van der Waals surface area contributed by atoms with Crippen molar-refractivity contribution in [1.29, 1.82) is 0 Å². The average Bonchev–Trinajstić information content (AvgIpc) is 2.82. The Balaban J connectivity index is 2.00. The van der Waals surface area contributed by atoms with E-state index in [1.807, 2.05) is 6.92 Å². The van der Waals surface area contributed by atoms with Gasteiger partial charge in [0.15, 0.2) is 5.78 Å². The summed E-state index contributed by atoms with van der Waals surface area (Å²) in [7, 11) is 0. The van der Waals surface area contributed by atoms with Crippen LogP contribution in [0.3, 0.4) is 0 Å². The van der Waals surface area contributed by atoms with E-state index in [1.54, 1.807) is 6.07 Å². The van der Waals surface area contributed by atoms with Gasteiger partial charge in [-0.2, -0.15) is 0 Å². The lowest BCUT2D eigenvalue weighted by atomic mass is 10.1. The zero-order valence-corrected chi connectivity index (χ0v) is 8.81. The molecule has 4 nitrogen and oxygen atoms in total. The molecule has 2 rings (SSSR count). The number of furan rings is 1. The molecule has 0 N–H and O–H groups in total. The maximum absolute atomic E-state index is 12.0. The first kappa shape index (κ1) is 10.4. The number of ether oxygens (including phenoxy) is 1. The van der Waals surface area contributed by atoms with Crippen LogP contribution in [0.15, 0.2) is 23.0 Å². The monoisotopic (exact) mass is 209 g/mol. The molecule has 1 fully saturated rings. The van der Waals surface area contributed by atoms with E-state index in [2.05, 4.69) is 4.90 Å². The van der Waals surface area contributed by atoms with E-state index < -0.39 is 0 Å². The van der Waals surface area contributed by atoms with E-state index in [9.17, 15) is 4.79 Å². The summed E-state index contributed by atoms with van der Waals surface area (Å²) >= 11 is 0. The predicted molar refractivity (Wildman–Crippen MR) is 54.9 cm³/mol. The van der Waals surface area contributed by atoms with Crippen molar-refractivity contribution in [3.8, 4) is 0 Å². The first-order valence-corrected chi connectivity index (χ1v) is 5.17. The summed E-state index contributed by atoms with van der Waals surface area (Å²) in [6.45, 7) is 5.00. The third-order valence-electron chi connectivity index (χ3n) is 2.78. The molecule has 1 aromatic heterocycles. The van der Waals surface area contributed by atoms with Crippen LogP contribution >= 0.6 is 0 Å². The third kappa shape index (κ3) is 2.27. The summed E-state index contributed by atoms with van der Waals surface area (Å²) < 4.78 is 10.2. The summed E-state index contributed by atoms with van der Waals surface area (Å²) in [6, 6.07) is 1.62. The Kier molecular flexibility index (Phi) is 3.18. The molecule has 0 spiro atoms. The number of nitrogens with zero attached hydrogens (tertiary/aromatic N) is 1. The van der Waals surface area contributed by atoms with Crippen LogP contribution in [0.4, 0.5) is 0 Å². The second-order valence-corrected chi connectivity index (χ2v) is 3.70. The second-order valence-electron chi connectivity index (χ2n) is 3.70. The van der Waals surface area contributed by atoms with Crippen molar-refractivity contribution in [2.45, 2.75) is 13.0 Å². The number of ketones is 1. The Morgan fingerprint density at radius 2 is 2.20 bits per heavy atom. The molecule has 82 valence electrons. The lowest BCUT2D eigenvalue weighted by Gasteiger charge is -2.31. The van der Waals surface area contributed by atoms with E-state index in [-0.39, 0.29) is 11.8 Å². The molecule has 0 radical (unpaired) electrons. The molecule has 0 bridgehead atoms. The summed E-state index contributed by atoms with van der Waals surface area (Å²) in [5.41, 5.74) is 0.647. The number of carbonyl (C=O) groups excluding carboxylic acids is 1. The standard InChI is InChI=1S/C11H15NO3/c1-9(12-3-6-14-7-4-12)11(13)10-2-5-15-8-10/h2,5,8-9H,3-4,6-7H2,1H3. The van der Waals surface area contributed by atoms with Gasteiger partial charge in [-0.25, -0.2) is 0 Å². The van der Waals surface area contributed by atoms with Gasteiger partial charge in [-0.05, 0) is 13.0 Å². The summed E-state index contributed by atoms with van der Waals surface area (Å²) in [5, 5.41) is 0. The first-order chi connectivity index (χ1) is 7.29. The number of Topliss-reactive ketones (excluding diaryl/α,β-unsaturated/α-hetero) is 1. The fourth-order valence-corrected chi connectivity index (χ4v) is 1.78. The minimum Gasteiger partial charge on any atom is -0.472 e. The van der Waals surface area contributed by atoms with E-state index in [0.717, 1.165) is 13.1 Å². The van der Waals surface area contributed by atoms with E-state index in [4.69, 9.17) is 9.15 Å². The molecule has 0 aliphatic carbocycles. The van der Waals surface area contributed by atoms with Crippen molar-refractivity contribution in [2.75, 3.05) is 26.3 Å². The Labute approximate surface area is 88.8 Å². The molecule has 15 heavy (non-hydrogen) atoms. The molecule has 0 aromatic carbocycles. The third-order valence-corrected chi connectivity index (χ3v) is 2.78. The zero-order valence-electron chi connectivity index (χ0n) is 8.81. The fourth-order valence-electron chi connectivity index (χ4n) is 1.78. The van der Waals surface area contributed by atoms with Crippen LogP contribution in [0, 0.1) is 0 Å². The highest BCUT2D eigenvalue weighted by Gasteiger charge is 2.24. The van der Waals surface area contributed by atoms with Crippen LogP contribution in [0.2, 0.25) is 0 Å². The molecular weight excluding hydrogens is 194 g/mol. The first-order valence-electron chi connectivity index (χ1n) is 5.17. The molecule has 1 saturated heterocycles. The molecule has 4 heteroatoms. The van der Waals surface area contributed by atoms with Crippen molar-refractivity contribution in [2.24, 2.45) is 0 Å². The van der Waals surface area contributed by atoms with E-state index in [1.165, 1.54) is 12.5 Å². The quantitative estimate of drug-likeness (QED) is 0.701. The molecule has 1 atom stereocenters. The maximum atomic E-state index is 12.0. The van der Waals surface area contributed by atoms with Crippen molar-refractivity contribution in [3.05, 3.63) is 24.2 Å². The van der Waals surface area contributed by atoms with Gasteiger partial charge in [-0.1, -0.05) is 0 Å². The lowest BCUT2D eigenvalue weighted by molar-refractivity contribution is 0.0208. The Morgan fingerprint density at radius 1 is 1.47 bits per heavy atom. The normalized spacial score (nSPS) is 20.1. The van der Waals surface area contributed by atoms with Gasteiger partial charge in [0.2, 0.25) is 0 Å². The van der Waals surface area contributed by atoms with E-state index >= 15 is 0 Å². The Hall–Kier alpha value is -1.13. The van der Waals surface area contributed by atoms with Crippen LogP contribution in [-0.2, 0) is 4.74 Å². The van der Waals surface area contributed by atoms with Gasteiger partial charge >= 0.3 is 0 Å². The molecule has 1 aliphatic rings. The topological polar surface area (TPSA) is 42.7 Å². The predicted octanol–water partition coefficient (Wildman–Crippen LogP) is 1.18. The van der Waals surface area contributed by atoms with Crippen molar-refractivity contribution < 1.29 is 13.9 Å². The highest BCUT2D eigenvalue weighted by molar-refractivity contribution is 5.99. The smallest absolute Gasteiger partial charge is 0.182 e. The second kappa shape index (κ2) is 4.59. The lowest BCUT2D eigenvalue weighted by Crippen LogP contribution is -2.45. The molecule has 0 saturated carbocycles. The van der Waals surface area contributed by atoms with Gasteiger partial charge < -0.3 is 9.15 Å². The summed E-state index contributed by atoms with van der Waals surface area (Å²) in [4.78, 5) is 14.1. The molecule has 1 aromatic rings. The fraction of sp³-hybridized carbons (Fsp3) is 0.545. The SMILES string of the molecule is CC(C(=O)c1ccoc1)N1CCOCC1. The van der Waals surface area contributed by atoms with Gasteiger partial charge in [-0.3, -0.25) is 9.69 Å². The van der Waals surface area contributed by atoms with Crippen molar-refractivity contribution in [3.63, 3.8) is 0 Å². The van der Waals surface area contributed by atoms with Crippen LogP contribution in [-0.4, -0.2) is 43.0 Å². The van der Waals surface area contributed by atoms with Crippen molar-refractivity contribution in [1.82, 2.24) is 4.90 Å². The average molecular weight is 209 g/mol. The number of rotatable bonds is 3. The Morgan fingerprint density at radius 3 is 2.80 bits per heavy atom. The number of hydrogen-bond acceptors (Lipinski definition) is 4. The summed E-state index contributed by atoms with van der Waals surface area (Å²) in [6.07, 6.45) is 3.03. The van der Waals surface area contributed by atoms with E-state index in [0.29, 0.717) is 18.8 Å². The van der Waals surface area contributed by atoms with Gasteiger partial charge in [0.05, 0.1) is 31.1 Å². The largest absolute Gasteiger partial charge is 0.472 e.